The van der Waals surface area contributed by atoms with E-state index < -0.39 is 5.91 Å². The van der Waals surface area contributed by atoms with Gasteiger partial charge in [-0.1, -0.05) is 24.3 Å². The Bertz CT molecular complexity index is 1210. The van der Waals surface area contributed by atoms with Crippen LogP contribution >= 0.6 is 11.3 Å². The fraction of sp³-hybridized carbons (Fsp3) is 0.333. The van der Waals surface area contributed by atoms with Crippen LogP contribution in [0.5, 0.6) is 5.75 Å². The fourth-order valence-corrected chi connectivity index (χ4v) is 5.89. The van der Waals surface area contributed by atoms with E-state index in [0.717, 1.165) is 21.2 Å². The highest BCUT2D eigenvalue weighted by molar-refractivity contribution is 7.17. The average Bonchev–Trinajstić information content (AvgIpc) is 3.03. The molecule has 0 bridgehead atoms. The molecule has 2 aromatic carbocycles. The van der Waals surface area contributed by atoms with Crippen LogP contribution in [0.1, 0.15) is 58.9 Å². The molecule has 0 spiro atoms. The van der Waals surface area contributed by atoms with Crippen molar-refractivity contribution in [3.05, 3.63) is 58.0 Å². The lowest BCUT2D eigenvalue weighted by molar-refractivity contribution is 0.0999. The minimum atomic E-state index is -0.535. The zero-order chi connectivity index (χ0) is 22.6. The monoisotopic (exact) mass is 437 g/mol. The van der Waals surface area contributed by atoms with Gasteiger partial charge in [0.2, 0.25) is 0 Å². The summed E-state index contributed by atoms with van der Waals surface area (Å²) in [5.74, 6) is -0.401. The molecular formula is C24H27N3O3S. The standard InChI is InChI=1S/C24H27N3O3S/c1-23(2)12-16-18(20(25)28)22(31-19(16)24(3,4)27-23)26-21(29)15-10-13-8-6-7-9-14(13)11-17(15)30-5/h6-11,27H,12H2,1-5H3,(H2,25,28)(H,26,29). The molecule has 2 heterocycles. The molecule has 7 heteroatoms. The van der Waals surface area contributed by atoms with Gasteiger partial charge < -0.3 is 21.1 Å². The van der Waals surface area contributed by atoms with Crippen LogP contribution in [0.4, 0.5) is 5.00 Å². The Balaban J connectivity index is 1.79. The number of anilines is 1. The van der Waals surface area contributed by atoms with Crippen molar-refractivity contribution in [1.82, 2.24) is 5.32 Å². The first-order chi connectivity index (χ1) is 14.5. The summed E-state index contributed by atoms with van der Waals surface area (Å²) in [6.45, 7) is 8.34. The number of thiophene rings is 1. The van der Waals surface area contributed by atoms with Crippen molar-refractivity contribution in [2.45, 2.75) is 45.2 Å². The Morgan fingerprint density at radius 2 is 1.77 bits per heavy atom. The number of nitrogens with one attached hydrogen (secondary N) is 2. The number of rotatable bonds is 4. The highest BCUT2D eigenvalue weighted by atomic mass is 32.1. The number of ether oxygens (including phenoxy) is 1. The summed E-state index contributed by atoms with van der Waals surface area (Å²) < 4.78 is 5.47. The summed E-state index contributed by atoms with van der Waals surface area (Å²) in [4.78, 5) is 26.7. The summed E-state index contributed by atoms with van der Waals surface area (Å²) in [6, 6.07) is 11.4. The predicted octanol–water partition coefficient (Wildman–Crippen LogP) is 4.42. The molecule has 1 aromatic heterocycles. The molecule has 0 unspecified atom stereocenters. The van der Waals surface area contributed by atoms with Crippen molar-refractivity contribution < 1.29 is 14.3 Å². The summed E-state index contributed by atoms with van der Waals surface area (Å²) >= 11 is 1.40. The van der Waals surface area contributed by atoms with Crippen LogP contribution in [0.25, 0.3) is 10.8 Å². The number of carbonyl (C=O) groups is 2. The summed E-state index contributed by atoms with van der Waals surface area (Å²) in [7, 11) is 1.54. The largest absolute Gasteiger partial charge is 0.496 e. The third-order valence-electron chi connectivity index (χ3n) is 5.63. The van der Waals surface area contributed by atoms with Crippen molar-refractivity contribution >= 4 is 38.9 Å². The molecule has 0 saturated heterocycles. The SMILES string of the molecule is COc1cc2ccccc2cc1C(=O)Nc1sc2c(c1C(N)=O)CC(C)(C)NC2(C)C. The molecule has 31 heavy (non-hydrogen) atoms. The van der Waals surface area contributed by atoms with E-state index >= 15 is 0 Å². The molecule has 2 amide bonds. The Labute approximate surface area is 185 Å². The minimum Gasteiger partial charge on any atom is -0.496 e. The van der Waals surface area contributed by atoms with E-state index in [9.17, 15) is 9.59 Å². The number of benzene rings is 2. The van der Waals surface area contributed by atoms with E-state index in [4.69, 9.17) is 10.5 Å². The van der Waals surface area contributed by atoms with E-state index in [-0.39, 0.29) is 17.0 Å². The van der Waals surface area contributed by atoms with Crippen LogP contribution in [0.2, 0.25) is 0 Å². The lowest BCUT2D eigenvalue weighted by atomic mass is 9.81. The molecule has 0 atom stereocenters. The van der Waals surface area contributed by atoms with Gasteiger partial charge in [0.1, 0.15) is 10.8 Å². The molecule has 1 aliphatic rings. The Kier molecular flexibility index (Phi) is 5.06. The second-order valence-electron chi connectivity index (χ2n) is 9.14. The van der Waals surface area contributed by atoms with Gasteiger partial charge in [0.05, 0.1) is 18.2 Å². The summed E-state index contributed by atoms with van der Waals surface area (Å²) in [6.07, 6.45) is 0.649. The molecule has 0 radical (unpaired) electrons. The molecular weight excluding hydrogens is 410 g/mol. The maximum Gasteiger partial charge on any atom is 0.260 e. The van der Waals surface area contributed by atoms with Crippen LogP contribution in [-0.2, 0) is 12.0 Å². The van der Waals surface area contributed by atoms with Crippen molar-refractivity contribution in [3.63, 3.8) is 0 Å². The fourth-order valence-electron chi connectivity index (χ4n) is 4.61. The van der Waals surface area contributed by atoms with Gasteiger partial charge in [-0.15, -0.1) is 11.3 Å². The maximum absolute atomic E-state index is 13.3. The lowest BCUT2D eigenvalue weighted by Gasteiger charge is -2.42. The van der Waals surface area contributed by atoms with Crippen LogP contribution in [-0.4, -0.2) is 24.5 Å². The van der Waals surface area contributed by atoms with E-state index in [2.05, 4.69) is 38.3 Å². The van der Waals surface area contributed by atoms with Gasteiger partial charge in [0.15, 0.2) is 0 Å². The summed E-state index contributed by atoms with van der Waals surface area (Å²) in [5, 5.41) is 8.95. The maximum atomic E-state index is 13.3. The zero-order valence-electron chi connectivity index (χ0n) is 18.4. The number of carbonyl (C=O) groups excluding carboxylic acids is 2. The number of hydrogen-bond donors (Lipinski definition) is 3. The third-order valence-corrected chi connectivity index (χ3v) is 7.10. The molecule has 4 N–H and O–H groups in total. The van der Waals surface area contributed by atoms with Gasteiger partial charge in [-0.05, 0) is 62.6 Å². The number of hydrogen-bond acceptors (Lipinski definition) is 5. The second-order valence-corrected chi connectivity index (χ2v) is 10.2. The first-order valence-electron chi connectivity index (χ1n) is 10.2. The molecule has 4 rings (SSSR count). The van der Waals surface area contributed by atoms with Crippen LogP contribution < -0.4 is 21.1 Å². The molecule has 0 saturated carbocycles. The summed E-state index contributed by atoms with van der Waals surface area (Å²) in [5.41, 5.74) is 6.93. The molecule has 6 nitrogen and oxygen atoms in total. The van der Waals surface area contributed by atoms with Crippen LogP contribution in [0.3, 0.4) is 0 Å². The zero-order valence-corrected chi connectivity index (χ0v) is 19.2. The highest BCUT2D eigenvalue weighted by Crippen LogP contribution is 2.45. The van der Waals surface area contributed by atoms with E-state index in [0.29, 0.717) is 28.3 Å². The van der Waals surface area contributed by atoms with Gasteiger partial charge in [-0.2, -0.15) is 0 Å². The van der Waals surface area contributed by atoms with Gasteiger partial charge in [0, 0.05) is 16.0 Å². The topological polar surface area (TPSA) is 93.4 Å². The first-order valence-corrected chi connectivity index (χ1v) is 11.0. The Morgan fingerprint density at radius 3 is 2.39 bits per heavy atom. The van der Waals surface area contributed by atoms with Crippen molar-refractivity contribution in [1.29, 1.82) is 0 Å². The highest BCUT2D eigenvalue weighted by Gasteiger charge is 2.41. The second kappa shape index (κ2) is 7.35. The van der Waals surface area contributed by atoms with Gasteiger partial charge >= 0.3 is 0 Å². The molecule has 3 aromatic rings. The Hall–Kier alpha value is -2.90. The van der Waals surface area contributed by atoms with Crippen LogP contribution in [0.15, 0.2) is 36.4 Å². The van der Waals surface area contributed by atoms with Gasteiger partial charge in [0.25, 0.3) is 11.8 Å². The minimum absolute atomic E-state index is 0.204. The van der Waals surface area contributed by atoms with Crippen molar-refractivity contribution in [3.8, 4) is 5.75 Å². The molecule has 0 aliphatic carbocycles. The van der Waals surface area contributed by atoms with E-state index in [1.165, 1.54) is 18.4 Å². The number of nitrogens with two attached hydrogens (primary N) is 1. The first kappa shape index (κ1) is 21.3. The van der Waals surface area contributed by atoms with E-state index in [1.807, 2.05) is 30.3 Å². The number of fused-ring (bicyclic) bond motifs is 2. The molecule has 162 valence electrons. The van der Waals surface area contributed by atoms with Crippen molar-refractivity contribution in [2.75, 3.05) is 12.4 Å². The van der Waals surface area contributed by atoms with Gasteiger partial charge in [-0.3, -0.25) is 9.59 Å². The molecule has 1 aliphatic heterocycles. The lowest BCUT2D eigenvalue weighted by Crippen LogP contribution is -2.55. The quantitative estimate of drug-likeness (QED) is 0.563. The van der Waals surface area contributed by atoms with Crippen molar-refractivity contribution in [2.24, 2.45) is 5.73 Å². The normalized spacial score (nSPS) is 16.5. The van der Waals surface area contributed by atoms with Gasteiger partial charge in [-0.25, -0.2) is 0 Å². The smallest absolute Gasteiger partial charge is 0.260 e. The molecule has 0 fully saturated rings. The average molecular weight is 438 g/mol. The Morgan fingerprint density at radius 1 is 1.13 bits per heavy atom. The van der Waals surface area contributed by atoms with E-state index in [1.54, 1.807) is 6.07 Å². The number of amides is 2. The number of methoxy groups -OCH3 is 1. The predicted molar refractivity (Wildman–Crippen MR) is 125 cm³/mol. The van der Waals surface area contributed by atoms with Crippen LogP contribution in [0, 0.1) is 0 Å². The number of primary amides is 1. The third kappa shape index (κ3) is 3.79.